The Hall–Kier alpha value is -3.22. The van der Waals surface area contributed by atoms with Crippen molar-refractivity contribution < 1.29 is 9.47 Å². The van der Waals surface area contributed by atoms with Crippen molar-refractivity contribution in [1.82, 2.24) is 29.7 Å². The summed E-state index contributed by atoms with van der Waals surface area (Å²) < 4.78 is 10.9. The van der Waals surface area contributed by atoms with Crippen LogP contribution in [0.1, 0.15) is 0 Å². The third-order valence-corrected chi connectivity index (χ3v) is 6.83. The number of nitrogens with zero attached hydrogens (tertiary/aromatic N) is 5. The maximum Gasteiger partial charge on any atom is 0.190 e. The number of rotatable bonds is 5. The molecule has 5 rings (SSSR count). The van der Waals surface area contributed by atoms with Gasteiger partial charge >= 0.3 is 0 Å². The molecule has 0 bridgehead atoms. The van der Waals surface area contributed by atoms with Gasteiger partial charge in [-0.2, -0.15) is 0 Å². The van der Waals surface area contributed by atoms with Crippen LogP contribution in [0.5, 0.6) is 11.5 Å². The largest absolute Gasteiger partial charge is 0.493 e. The van der Waals surface area contributed by atoms with Gasteiger partial charge in [-0.15, -0.1) is 0 Å². The average molecular weight is 485 g/mol. The Bertz CT molecular complexity index is 1310. The van der Waals surface area contributed by atoms with Crippen molar-refractivity contribution in [2.75, 3.05) is 58.1 Å². The first-order valence-electron chi connectivity index (χ1n) is 10.4. The Balaban J connectivity index is 1.39. The van der Waals surface area contributed by atoms with Crippen LogP contribution >= 0.6 is 23.6 Å². The van der Waals surface area contributed by atoms with Gasteiger partial charge < -0.3 is 34.9 Å². The van der Waals surface area contributed by atoms with Gasteiger partial charge in [-0.1, -0.05) is 11.3 Å². The number of hydrogen-bond acceptors (Lipinski definition) is 9. The molecule has 12 heteroatoms. The van der Waals surface area contributed by atoms with E-state index in [4.69, 9.17) is 21.7 Å². The second kappa shape index (κ2) is 8.96. The lowest BCUT2D eigenvalue weighted by molar-refractivity contribution is 0.217. The predicted octanol–water partition coefficient (Wildman–Crippen LogP) is 3.27. The molecule has 1 aromatic carbocycles. The summed E-state index contributed by atoms with van der Waals surface area (Å²) in [5, 5.41) is 10.7. The highest BCUT2D eigenvalue weighted by molar-refractivity contribution is 7.80. The van der Waals surface area contributed by atoms with Crippen LogP contribution < -0.4 is 20.1 Å². The maximum absolute atomic E-state index is 5.58. The molecule has 1 saturated heterocycles. The normalized spacial score (nSPS) is 14.6. The van der Waals surface area contributed by atoms with Crippen molar-refractivity contribution in [3.63, 3.8) is 0 Å². The lowest BCUT2D eigenvalue weighted by Crippen LogP contribution is -2.48. The highest BCUT2D eigenvalue weighted by Gasteiger charge is 2.18. The summed E-state index contributed by atoms with van der Waals surface area (Å²) in [6, 6.07) is 3.82. The highest BCUT2D eigenvalue weighted by atomic mass is 32.1. The summed E-state index contributed by atoms with van der Waals surface area (Å²) in [6.45, 7) is 3.81. The number of benzene rings is 1. The third kappa shape index (κ3) is 4.24. The SMILES string of the molecule is COc1cc2[nH]c3ncnc(Nc4cnc(NC(=S)N5CCN(C)CC5)s4)c3c2cc1OC. The van der Waals surface area contributed by atoms with E-state index in [-0.39, 0.29) is 0 Å². The van der Waals surface area contributed by atoms with E-state index in [0.29, 0.717) is 22.4 Å². The number of thiocarbonyl (C=S) groups is 1. The summed E-state index contributed by atoms with van der Waals surface area (Å²) in [6.07, 6.45) is 3.29. The molecule has 0 amide bonds. The zero-order valence-corrected chi connectivity index (χ0v) is 20.1. The summed E-state index contributed by atoms with van der Waals surface area (Å²) in [4.78, 5) is 21.1. The standard InChI is InChI=1S/C21H24N8O2S2/c1-28-4-6-29(7-5-28)21(32)27-20-22-10-16(33-20)26-19-17-12-8-14(30-2)15(31-3)9-13(12)25-18(17)23-11-24-19/h8-11H,4-7H2,1-3H3,(H,22,27,32)(H2,23,24,25,26). The fraction of sp³-hybridized carbons (Fsp3) is 0.333. The number of aromatic nitrogens is 4. The van der Waals surface area contributed by atoms with Gasteiger partial charge in [-0.25, -0.2) is 15.0 Å². The van der Waals surface area contributed by atoms with Crippen LogP contribution in [0.4, 0.5) is 16.0 Å². The number of fused-ring (bicyclic) bond motifs is 3. The van der Waals surface area contributed by atoms with Crippen molar-refractivity contribution in [2.24, 2.45) is 0 Å². The zero-order chi connectivity index (χ0) is 22.9. The van der Waals surface area contributed by atoms with Crippen LogP contribution in [-0.2, 0) is 0 Å². The monoisotopic (exact) mass is 484 g/mol. The molecule has 0 aliphatic carbocycles. The molecule has 1 fully saturated rings. The molecule has 33 heavy (non-hydrogen) atoms. The average Bonchev–Trinajstić information content (AvgIpc) is 3.42. The van der Waals surface area contributed by atoms with E-state index in [1.807, 2.05) is 12.1 Å². The molecule has 1 aliphatic heterocycles. The Morgan fingerprint density at radius 2 is 1.85 bits per heavy atom. The van der Waals surface area contributed by atoms with E-state index in [1.54, 1.807) is 20.4 Å². The van der Waals surface area contributed by atoms with E-state index < -0.39 is 0 Å². The first kappa shape index (κ1) is 21.6. The van der Waals surface area contributed by atoms with E-state index >= 15 is 0 Å². The molecule has 4 aromatic rings. The van der Waals surface area contributed by atoms with Crippen LogP contribution in [-0.4, -0.2) is 82.3 Å². The minimum absolute atomic E-state index is 0.641. The number of methoxy groups -OCH3 is 2. The van der Waals surface area contributed by atoms with E-state index in [2.05, 4.69) is 47.4 Å². The van der Waals surface area contributed by atoms with Crippen molar-refractivity contribution >= 4 is 66.6 Å². The molecular weight excluding hydrogens is 460 g/mol. The van der Waals surface area contributed by atoms with Crippen molar-refractivity contribution in [1.29, 1.82) is 0 Å². The predicted molar refractivity (Wildman–Crippen MR) is 135 cm³/mol. The fourth-order valence-corrected chi connectivity index (χ4v) is 4.89. The maximum atomic E-state index is 5.58. The Morgan fingerprint density at radius 1 is 1.09 bits per heavy atom. The number of thiazole rings is 1. The Labute approximate surface area is 199 Å². The second-order valence-electron chi connectivity index (χ2n) is 7.70. The molecule has 172 valence electrons. The number of piperazine rings is 1. The molecule has 3 aromatic heterocycles. The van der Waals surface area contributed by atoms with Crippen molar-refractivity contribution in [2.45, 2.75) is 0 Å². The topological polar surface area (TPSA) is 103 Å². The van der Waals surface area contributed by atoms with Crippen molar-refractivity contribution in [3.8, 4) is 11.5 Å². The summed E-state index contributed by atoms with van der Waals surface area (Å²) in [5.41, 5.74) is 1.60. The van der Waals surface area contributed by atoms with E-state index in [0.717, 1.165) is 58.2 Å². The Morgan fingerprint density at radius 3 is 2.61 bits per heavy atom. The summed E-state index contributed by atoms with van der Waals surface area (Å²) in [7, 11) is 5.35. The molecule has 1 aliphatic rings. The molecule has 10 nitrogen and oxygen atoms in total. The fourth-order valence-electron chi connectivity index (χ4n) is 3.83. The van der Waals surface area contributed by atoms with Crippen molar-refractivity contribution in [3.05, 3.63) is 24.7 Å². The first-order chi connectivity index (χ1) is 16.1. The van der Waals surface area contributed by atoms with Crippen LogP contribution in [0.15, 0.2) is 24.7 Å². The number of likely N-dealkylation sites (N-methyl/N-ethyl adjacent to an activating group) is 1. The number of H-pyrrole nitrogens is 1. The molecule has 0 radical (unpaired) electrons. The van der Waals surface area contributed by atoms with E-state index in [1.165, 1.54) is 17.7 Å². The van der Waals surface area contributed by atoms with Crippen LogP contribution in [0.2, 0.25) is 0 Å². The Kier molecular flexibility index (Phi) is 5.87. The summed E-state index contributed by atoms with van der Waals surface area (Å²) in [5.74, 6) is 1.96. The second-order valence-corrected chi connectivity index (χ2v) is 9.12. The summed E-state index contributed by atoms with van der Waals surface area (Å²) >= 11 is 7.06. The minimum Gasteiger partial charge on any atom is -0.493 e. The number of aromatic amines is 1. The molecular formula is C21H24N8O2S2. The van der Waals surface area contributed by atoms with Gasteiger partial charge in [0.1, 0.15) is 22.8 Å². The lowest BCUT2D eigenvalue weighted by Gasteiger charge is -2.33. The smallest absolute Gasteiger partial charge is 0.190 e. The lowest BCUT2D eigenvalue weighted by atomic mass is 10.2. The quantitative estimate of drug-likeness (QED) is 0.366. The van der Waals surface area contributed by atoms with Gasteiger partial charge in [0.2, 0.25) is 0 Å². The number of nitrogens with one attached hydrogen (secondary N) is 3. The van der Waals surface area contributed by atoms with Gasteiger partial charge in [0.25, 0.3) is 0 Å². The molecule has 0 spiro atoms. The number of hydrogen-bond donors (Lipinski definition) is 3. The molecule has 0 atom stereocenters. The number of anilines is 3. The van der Waals surface area contributed by atoms with Crippen LogP contribution in [0.3, 0.4) is 0 Å². The van der Waals surface area contributed by atoms with Gasteiger partial charge in [0, 0.05) is 37.6 Å². The van der Waals surface area contributed by atoms with Crippen LogP contribution in [0, 0.1) is 0 Å². The molecule has 0 saturated carbocycles. The minimum atomic E-state index is 0.641. The van der Waals surface area contributed by atoms with Crippen LogP contribution in [0.25, 0.3) is 21.9 Å². The molecule has 0 unspecified atom stereocenters. The van der Waals surface area contributed by atoms with Gasteiger partial charge in [0.05, 0.1) is 31.3 Å². The highest BCUT2D eigenvalue weighted by Crippen LogP contribution is 2.38. The molecule has 3 N–H and O–H groups in total. The third-order valence-electron chi connectivity index (χ3n) is 5.65. The van der Waals surface area contributed by atoms with Gasteiger partial charge in [-0.05, 0) is 25.3 Å². The molecule has 4 heterocycles. The first-order valence-corrected chi connectivity index (χ1v) is 11.6. The zero-order valence-electron chi connectivity index (χ0n) is 18.5. The van der Waals surface area contributed by atoms with Gasteiger partial charge in [-0.3, -0.25) is 0 Å². The van der Waals surface area contributed by atoms with Gasteiger partial charge in [0.15, 0.2) is 21.7 Å². The number of ether oxygens (including phenoxy) is 2. The van der Waals surface area contributed by atoms with E-state index in [9.17, 15) is 0 Å².